The third kappa shape index (κ3) is 3.65. The molecule has 0 saturated heterocycles. The van der Waals surface area contributed by atoms with Crippen LogP contribution in [0, 0.1) is 0 Å². The number of tetrazole rings is 1. The van der Waals surface area contributed by atoms with Gasteiger partial charge < -0.3 is 10.1 Å². The molecule has 1 N–H and O–H groups in total. The predicted molar refractivity (Wildman–Crippen MR) is 81.5 cm³/mol. The molecule has 1 atom stereocenters. The highest BCUT2D eigenvalue weighted by Gasteiger charge is 2.17. The molecule has 0 fully saturated rings. The molecular formula is C15H23N5O. The van der Waals surface area contributed by atoms with E-state index in [9.17, 15) is 0 Å². The zero-order chi connectivity index (χ0) is 15.2. The van der Waals surface area contributed by atoms with Crippen molar-refractivity contribution in [1.82, 2.24) is 25.5 Å². The van der Waals surface area contributed by atoms with Gasteiger partial charge in [-0.3, -0.25) is 0 Å². The SMILES string of the molecule is COCCNC(C)c1nnnn1-c1ccccc1C(C)C. The van der Waals surface area contributed by atoms with E-state index in [1.165, 1.54) is 5.56 Å². The number of para-hydroxylation sites is 1. The Hall–Kier alpha value is -1.79. The van der Waals surface area contributed by atoms with Crippen LogP contribution in [0.1, 0.15) is 44.1 Å². The van der Waals surface area contributed by atoms with Crippen molar-refractivity contribution in [1.29, 1.82) is 0 Å². The minimum Gasteiger partial charge on any atom is -0.383 e. The number of aromatic nitrogens is 4. The maximum absolute atomic E-state index is 5.05. The number of benzene rings is 1. The van der Waals surface area contributed by atoms with Gasteiger partial charge in [-0.1, -0.05) is 32.0 Å². The summed E-state index contributed by atoms with van der Waals surface area (Å²) in [5.74, 6) is 1.22. The summed E-state index contributed by atoms with van der Waals surface area (Å²) in [6.07, 6.45) is 0. The minimum absolute atomic E-state index is 0.0513. The van der Waals surface area contributed by atoms with Crippen molar-refractivity contribution < 1.29 is 4.74 Å². The molecule has 0 aliphatic carbocycles. The van der Waals surface area contributed by atoms with Gasteiger partial charge in [-0.15, -0.1) is 5.10 Å². The molecule has 114 valence electrons. The maximum Gasteiger partial charge on any atom is 0.173 e. The number of nitrogens with zero attached hydrogens (tertiary/aromatic N) is 4. The van der Waals surface area contributed by atoms with Crippen LogP contribution in [0.2, 0.25) is 0 Å². The number of hydrogen-bond donors (Lipinski definition) is 1. The third-order valence-electron chi connectivity index (χ3n) is 3.42. The first-order valence-electron chi connectivity index (χ1n) is 7.25. The lowest BCUT2D eigenvalue weighted by molar-refractivity contribution is 0.196. The van der Waals surface area contributed by atoms with E-state index >= 15 is 0 Å². The van der Waals surface area contributed by atoms with Gasteiger partial charge in [0.15, 0.2) is 5.82 Å². The van der Waals surface area contributed by atoms with Crippen LogP contribution >= 0.6 is 0 Å². The first kappa shape index (κ1) is 15.6. The fourth-order valence-electron chi connectivity index (χ4n) is 2.27. The Morgan fingerprint density at radius 1 is 1.24 bits per heavy atom. The first-order valence-corrected chi connectivity index (χ1v) is 7.25. The molecule has 0 amide bonds. The van der Waals surface area contributed by atoms with Crippen molar-refractivity contribution >= 4 is 0 Å². The quantitative estimate of drug-likeness (QED) is 0.791. The second-order valence-electron chi connectivity index (χ2n) is 5.33. The van der Waals surface area contributed by atoms with Crippen molar-refractivity contribution in [2.75, 3.05) is 20.3 Å². The van der Waals surface area contributed by atoms with Crippen molar-refractivity contribution in [2.24, 2.45) is 0 Å². The Morgan fingerprint density at radius 3 is 2.71 bits per heavy atom. The van der Waals surface area contributed by atoms with Crippen LogP contribution in [-0.4, -0.2) is 40.5 Å². The van der Waals surface area contributed by atoms with Gasteiger partial charge in [0.05, 0.1) is 18.3 Å². The summed E-state index contributed by atoms with van der Waals surface area (Å²) in [5.41, 5.74) is 2.27. The van der Waals surface area contributed by atoms with Gasteiger partial charge in [0, 0.05) is 13.7 Å². The van der Waals surface area contributed by atoms with Crippen molar-refractivity contribution in [3.63, 3.8) is 0 Å². The minimum atomic E-state index is 0.0513. The van der Waals surface area contributed by atoms with E-state index in [2.05, 4.69) is 53.7 Å². The molecule has 6 heteroatoms. The van der Waals surface area contributed by atoms with Gasteiger partial charge >= 0.3 is 0 Å². The van der Waals surface area contributed by atoms with Gasteiger partial charge in [0.2, 0.25) is 0 Å². The average Bonchev–Trinajstić information content (AvgIpc) is 2.96. The zero-order valence-corrected chi connectivity index (χ0v) is 13.1. The van der Waals surface area contributed by atoms with Gasteiger partial charge in [-0.25, -0.2) is 0 Å². The van der Waals surface area contributed by atoms with Crippen molar-refractivity contribution in [3.05, 3.63) is 35.7 Å². The van der Waals surface area contributed by atoms with Crippen LogP contribution in [0.3, 0.4) is 0 Å². The molecule has 1 aromatic carbocycles. The Morgan fingerprint density at radius 2 is 2.00 bits per heavy atom. The maximum atomic E-state index is 5.05. The predicted octanol–water partition coefficient (Wildman–Crippen LogP) is 2.08. The van der Waals surface area contributed by atoms with E-state index in [-0.39, 0.29) is 6.04 Å². The third-order valence-corrected chi connectivity index (χ3v) is 3.42. The Labute approximate surface area is 125 Å². The normalized spacial score (nSPS) is 12.8. The molecule has 1 unspecified atom stereocenters. The van der Waals surface area contributed by atoms with E-state index in [4.69, 9.17) is 4.74 Å². The number of methoxy groups -OCH3 is 1. The van der Waals surface area contributed by atoms with Gasteiger partial charge in [0.1, 0.15) is 0 Å². The largest absolute Gasteiger partial charge is 0.383 e. The molecule has 1 heterocycles. The molecule has 0 radical (unpaired) electrons. The first-order chi connectivity index (χ1) is 10.1. The van der Waals surface area contributed by atoms with Crippen LogP contribution in [0.25, 0.3) is 5.69 Å². The average molecular weight is 289 g/mol. The highest BCUT2D eigenvalue weighted by molar-refractivity contribution is 5.42. The molecule has 21 heavy (non-hydrogen) atoms. The summed E-state index contributed by atoms with van der Waals surface area (Å²) < 4.78 is 6.87. The van der Waals surface area contributed by atoms with Gasteiger partial charge in [-0.2, -0.15) is 4.68 Å². The molecule has 0 aliphatic heterocycles. The van der Waals surface area contributed by atoms with Crippen LogP contribution in [0.5, 0.6) is 0 Å². The molecule has 0 saturated carbocycles. The van der Waals surface area contributed by atoms with E-state index in [1.807, 2.05) is 16.8 Å². The Balaban J connectivity index is 2.28. The highest BCUT2D eigenvalue weighted by atomic mass is 16.5. The monoisotopic (exact) mass is 289 g/mol. The second kappa shape index (κ2) is 7.28. The number of ether oxygens (including phenoxy) is 1. The Kier molecular flexibility index (Phi) is 5.41. The number of nitrogens with one attached hydrogen (secondary N) is 1. The second-order valence-corrected chi connectivity index (χ2v) is 5.33. The number of hydrogen-bond acceptors (Lipinski definition) is 5. The van der Waals surface area contributed by atoms with Crippen LogP contribution < -0.4 is 5.32 Å². The summed E-state index contributed by atoms with van der Waals surface area (Å²) in [7, 11) is 1.69. The summed E-state index contributed by atoms with van der Waals surface area (Å²) in [5, 5.41) is 15.5. The van der Waals surface area contributed by atoms with Crippen molar-refractivity contribution in [2.45, 2.75) is 32.7 Å². The molecule has 0 bridgehead atoms. The molecule has 0 aliphatic rings. The van der Waals surface area contributed by atoms with E-state index < -0.39 is 0 Å². The molecule has 2 aromatic rings. The fraction of sp³-hybridized carbons (Fsp3) is 0.533. The van der Waals surface area contributed by atoms with E-state index in [0.717, 1.165) is 18.1 Å². The Bertz CT molecular complexity index is 567. The molecule has 6 nitrogen and oxygen atoms in total. The van der Waals surface area contributed by atoms with E-state index in [0.29, 0.717) is 12.5 Å². The molecular weight excluding hydrogens is 266 g/mol. The zero-order valence-electron chi connectivity index (χ0n) is 13.1. The lowest BCUT2D eigenvalue weighted by Gasteiger charge is -2.16. The molecule has 0 spiro atoms. The molecule has 2 rings (SSSR count). The summed E-state index contributed by atoms with van der Waals surface area (Å²) >= 11 is 0. The lowest BCUT2D eigenvalue weighted by atomic mass is 10.0. The van der Waals surface area contributed by atoms with E-state index in [1.54, 1.807) is 7.11 Å². The summed E-state index contributed by atoms with van der Waals surface area (Å²) in [6, 6.07) is 8.28. The molecule has 1 aromatic heterocycles. The lowest BCUT2D eigenvalue weighted by Crippen LogP contribution is -2.25. The van der Waals surface area contributed by atoms with Gasteiger partial charge in [-0.05, 0) is 34.9 Å². The van der Waals surface area contributed by atoms with Crippen molar-refractivity contribution in [3.8, 4) is 5.69 Å². The van der Waals surface area contributed by atoms with Crippen LogP contribution in [0.15, 0.2) is 24.3 Å². The van der Waals surface area contributed by atoms with Crippen LogP contribution in [0.4, 0.5) is 0 Å². The van der Waals surface area contributed by atoms with Gasteiger partial charge in [0.25, 0.3) is 0 Å². The van der Waals surface area contributed by atoms with Crippen LogP contribution in [-0.2, 0) is 4.74 Å². The highest BCUT2D eigenvalue weighted by Crippen LogP contribution is 2.24. The summed E-state index contributed by atoms with van der Waals surface area (Å²) in [6.45, 7) is 7.81. The smallest absolute Gasteiger partial charge is 0.173 e. The standard InChI is InChI=1S/C15H23N5O/c1-11(2)13-7-5-6-8-14(13)20-15(17-18-19-20)12(3)16-9-10-21-4/h5-8,11-12,16H,9-10H2,1-4H3. The fourth-order valence-corrected chi connectivity index (χ4v) is 2.27. The number of rotatable bonds is 7. The topological polar surface area (TPSA) is 64.9 Å². The summed E-state index contributed by atoms with van der Waals surface area (Å²) in [4.78, 5) is 0.